The van der Waals surface area contributed by atoms with E-state index in [1.807, 2.05) is 45.2 Å². The number of amides is 2. The zero-order valence-corrected chi connectivity index (χ0v) is 18.1. The first-order valence-electron chi connectivity index (χ1n) is 9.02. The maximum absolute atomic E-state index is 12.5. The predicted molar refractivity (Wildman–Crippen MR) is 114 cm³/mol. The van der Waals surface area contributed by atoms with Crippen molar-refractivity contribution in [2.45, 2.75) is 20.4 Å². The van der Waals surface area contributed by atoms with Gasteiger partial charge in [0.1, 0.15) is 0 Å². The average molecular weight is 423 g/mol. The van der Waals surface area contributed by atoms with Crippen LogP contribution in [0, 0.1) is 13.8 Å². The van der Waals surface area contributed by atoms with E-state index in [0.29, 0.717) is 16.6 Å². The summed E-state index contributed by atoms with van der Waals surface area (Å²) in [6, 6.07) is 11.1. The number of quaternary nitrogens is 1. The number of benzene rings is 2. The molecular formula is C21H26Cl2N3O2+. The molecular weight excluding hydrogens is 397 g/mol. The van der Waals surface area contributed by atoms with Crippen LogP contribution in [0.3, 0.4) is 0 Å². The topological polar surface area (TPSA) is 53.9 Å². The SMILES string of the molecule is Cc1cccc(NC(=O)C[NH+](C)CC(=O)N(C)Cc2ccc(Cl)c(Cl)c2)c1C. The number of nitrogens with one attached hydrogen (secondary N) is 2. The van der Waals surface area contributed by atoms with Gasteiger partial charge in [0.05, 0.1) is 17.1 Å². The lowest BCUT2D eigenvalue weighted by atomic mass is 10.1. The first-order valence-corrected chi connectivity index (χ1v) is 9.78. The fourth-order valence-electron chi connectivity index (χ4n) is 2.81. The van der Waals surface area contributed by atoms with Crippen LogP contribution in [0.4, 0.5) is 5.69 Å². The molecule has 1 unspecified atom stereocenters. The Kier molecular flexibility index (Phi) is 7.87. The Bertz CT molecular complexity index is 871. The highest BCUT2D eigenvalue weighted by Gasteiger charge is 2.18. The quantitative estimate of drug-likeness (QED) is 0.720. The lowest BCUT2D eigenvalue weighted by molar-refractivity contribution is -0.862. The molecule has 0 aromatic heterocycles. The Labute approximate surface area is 176 Å². The molecule has 0 heterocycles. The number of carbonyl (C=O) groups is 2. The molecule has 2 aromatic rings. The third-order valence-corrected chi connectivity index (χ3v) is 5.36. The molecule has 0 bridgehead atoms. The van der Waals surface area contributed by atoms with Gasteiger partial charge >= 0.3 is 0 Å². The molecule has 0 aliphatic rings. The fraction of sp³-hybridized carbons (Fsp3) is 0.333. The molecule has 0 spiro atoms. The van der Waals surface area contributed by atoms with Gasteiger partial charge in [-0.1, -0.05) is 41.4 Å². The monoisotopic (exact) mass is 422 g/mol. The molecule has 7 heteroatoms. The molecule has 0 aliphatic carbocycles. The van der Waals surface area contributed by atoms with E-state index < -0.39 is 0 Å². The number of likely N-dealkylation sites (N-methyl/N-ethyl adjacent to an activating group) is 2. The highest BCUT2D eigenvalue weighted by molar-refractivity contribution is 6.42. The van der Waals surface area contributed by atoms with Crippen LogP contribution in [0.5, 0.6) is 0 Å². The zero-order chi connectivity index (χ0) is 20.8. The van der Waals surface area contributed by atoms with Crippen LogP contribution >= 0.6 is 23.2 Å². The van der Waals surface area contributed by atoms with Gasteiger partial charge < -0.3 is 15.1 Å². The Morgan fingerprint density at radius 2 is 1.79 bits per heavy atom. The van der Waals surface area contributed by atoms with Gasteiger partial charge in [-0.15, -0.1) is 0 Å². The van der Waals surface area contributed by atoms with Gasteiger partial charge in [-0.3, -0.25) is 9.59 Å². The van der Waals surface area contributed by atoms with E-state index in [0.717, 1.165) is 27.3 Å². The normalized spacial score (nSPS) is 11.8. The van der Waals surface area contributed by atoms with Crippen molar-refractivity contribution in [2.24, 2.45) is 0 Å². The highest BCUT2D eigenvalue weighted by atomic mass is 35.5. The van der Waals surface area contributed by atoms with E-state index in [1.54, 1.807) is 24.1 Å². The third kappa shape index (κ3) is 6.23. The van der Waals surface area contributed by atoms with Crippen LogP contribution < -0.4 is 10.2 Å². The third-order valence-electron chi connectivity index (χ3n) is 4.62. The van der Waals surface area contributed by atoms with Crippen molar-refractivity contribution in [2.75, 3.05) is 32.5 Å². The summed E-state index contributed by atoms with van der Waals surface area (Å²) in [4.78, 5) is 27.2. The van der Waals surface area contributed by atoms with E-state index >= 15 is 0 Å². The van der Waals surface area contributed by atoms with E-state index in [2.05, 4.69) is 5.32 Å². The van der Waals surface area contributed by atoms with Gasteiger partial charge in [-0.05, 0) is 48.7 Å². The van der Waals surface area contributed by atoms with Crippen LogP contribution in [-0.4, -0.2) is 43.9 Å². The standard InChI is InChI=1S/C21H25Cl2N3O2/c1-14-6-5-7-19(15(14)2)24-20(27)12-25(3)13-21(28)26(4)11-16-8-9-17(22)18(23)10-16/h5-10H,11-13H2,1-4H3,(H,24,27)/p+1. The van der Waals surface area contributed by atoms with Gasteiger partial charge in [0, 0.05) is 19.3 Å². The van der Waals surface area contributed by atoms with Crippen molar-refractivity contribution in [3.05, 3.63) is 63.1 Å². The Hall–Kier alpha value is -2.08. The molecule has 0 saturated carbocycles. The second-order valence-corrected chi connectivity index (χ2v) is 7.92. The van der Waals surface area contributed by atoms with E-state index in [-0.39, 0.29) is 24.9 Å². The fourth-order valence-corrected chi connectivity index (χ4v) is 3.13. The minimum atomic E-state index is -0.119. The molecule has 1 atom stereocenters. The van der Waals surface area contributed by atoms with Crippen molar-refractivity contribution >= 4 is 40.7 Å². The Balaban J connectivity index is 1.86. The van der Waals surface area contributed by atoms with Crippen molar-refractivity contribution in [1.82, 2.24) is 4.90 Å². The number of carbonyl (C=O) groups excluding carboxylic acids is 2. The molecule has 2 aromatic carbocycles. The van der Waals surface area contributed by atoms with Crippen LogP contribution in [0.15, 0.2) is 36.4 Å². The van der Waals surface area contributed by atoms with Crippen LogP contribution in [0.1, 0.15) is 16.7 Å². The van der Waals surface area contributed by atoms with Crippen molar-refractivity contribution in [3.8, 4) is 0 Å². The van der Waals surface area contributed by atoms with E-state index in [9.17, 15) is 9.59 Å². The van der Waals surface area contributed by atoms with Gasteiger partial charge in [-0.25, -0.2) is 0 Å². The number of anilines is 1. The average Bonchev–Trinajstić information content (AvgIpc) is 2.61. The molecule has 2 amide bonds. The molecule has 5 nitrogen and oxygen atoms in total. The molecule has 0 aliphatic heterocycles. The summed E-state index contributed by atoms with van der Waals surface area (Å²) in [6.07, 6.45) is 0. The highest BCUT2D eigenvalue weighted by Crippen LogP contribution is 2.23. The minimum Gasteiger partial charge on any atom is -0.337 e. The van der Waals surface area contributed by atoms with Crippen molar-refractivity contribution < 1.29 is 14.5 Å². The van der Waals surface area contributed by atoms with E-state index in [1.165, 1.54) is 0 Å². The largest absolute Gasteiger partial charge is 0.337 e. The Morgan fingerprint density at radius 3 is 2.46 bits per heavy atom. The van der Waals surface area contributed by atoms with E-state index in [4.69, 9.17) is 23.2 Å². The number of halogens is 2. The maximum Gasteiger partial charge on any atom is 0.279 e. The summed E-state index contributed by atoms with van der Waals surface area (Å²) >= 11 is 11.9. The second-order valence-electron chi connectivity index (χ2n) is 7.10. The lowest BCUT2D eigenvalue weighted by Gasteiger charge is -2.20. The molecule has 150 valence electrons. The minimum absolute atomic E-state index is 0.0527. The van der Waals surface area contributed by atoms with Gasteiger partial charge in [0.25, 0.3) is 11.8 Å². The van der Waals surface area contributed by atoms with Gasteiger partial charge in [0.15, 0.2) is 13.1 Å². The molecule has 0 fully saturated rings. The zero-order valence-electron chi connectivity index (χ0n) is 16.6. The van der Waals surface area contributed by atoms with Gasteiger partial charge in [0.2, 0.25) is 0 Å². The number of rotatable bonds is 7. The van der Waals surface area contributed by atoms with Crippen molar-refractivity contribution in [3.63, 3.8) is 0 Å². The summed E-state index contributed by atoms with van der Waals surface area (Å²) in [5.74, 6) is -0.172. The van der Waals surface area contributed by atoms with Crippen LogP contribution in [0.2, 0.25) is 10.0 Å². The summed E-state index contributed by atoms with van der Waals surface area (Å²) < 4.78 is 0. The molecule has 28 heavy (non-hydrogen) atoms. The summed E-state index contributed by atoms with van der Waals surface area (Å²) in [5, 5.41) is 3.87. The predicted octanol–water partition coefficient (Wildman–Crippen LogP) is 2.72. The van der Waals surface area contributed by atoms with Crippen molar-refractivity contribution in [1.29, 1.82) is 0 Å². The first kappa shape index (κ1) is 22.2. The molecule has 2 rings (SSSR count). The van der Waals surface area contributed by atoms with Crippen LogP contribution in [-0.2, 0) is 16.1 Å². The lowest BCUT2D eigenvalue weighted by Crippen LogP contribution is -3.11. The number of hydrogen-bond acceptors (Lipinski definition) is 2. The van der Waals surface area contributed by atoms with Gasteiger partial charge in [-0.2, -0.15) is 0 Å². The molecule has 2 N–H and O–H groups in total. The number of nitrogens with zero attached hydrogens (tertiary/aromatic N) is 1. The summed E-state index contributed by atoms with van der Waals surface area (Å²) in [5.41, 5.74) is 3.87. The number of aryl methyl sites for hydroxylation is 1. The maximum atomic E-state index is 12.5. The Morgan fingerprint density at radius 1 is 1.07 bits per heavy atom. The molecule has 0 saturated heterocycles. The summed E-state index contributed by atoms with van der Waals surface area (Å²) in [7, 11) is 3.56. The molecule has 0 radical (unpaired) electrons. The first-order chi connectivity index (χ1) is 13.2. The van der Waals surface area contributed by atoms with Crippen LogP contribution in [0.25, 0.3) is 0 Å². The second kappa shape index (κ2) is 9.92. The smallest absolute Gasteiger partial charge is 0.279 e. The summed E-state index contributed by atoms with van der Waals surface area (Å²) in [6.45, 7) is 4.84. The number of hydrogen-bond donors (Lipinski definition) is 2.